The molecule has 1 N–H and O–H groups in total. The molecule has 0 aliphatic rings. The molecule has 0 saturated carbocycles. The van der Waals surface area contributed by atoms with Gasteiger partial charge in [0.25, 0.3) is 0 Å². The zero-order chi connectivity index (χ0) is 23.4. The lowest BCUT2D eigenvalue weighted by Gasteiger charge is -2.11. The molecule has 6 aromatic rings. The molecule has 3 aromatic heterocycles. The molecule has 5 heteroatoms. The number of ether oxygens (including phenoxy) is 1. The predicted octanol–water partition coefficient (Wildman–Crippen LogP) is 7.15. The average Bonchev–Trinajstić information content (AvgIpc) is 3.13. The molecule has 0 atom stereocenters. The van der Waals surface area contributed by atoms with Gasteiger partial charge in [-0.25, -0.2) is 9.97 Å². The number of aryl methyl sites for hydroxylation is 3. The molecule has 0 spiro atoms. The highest BCUT2D eigenvalue weighted by atomic mass is 16.5. The minimum atomic E-state index is 0.138. The maximum atomic E-state index is 10.3. The van der Waals surface area contributed by atoms with Gasteiger partial charge in [0.15, 0.2) is 0 Å². The third-order valence-corrected chi connectivity index (χ3v) is 6.21. The summed E-state index contributed by atoms with van der Waals surface area (Å²) >= 11 is 0. The number of aromatic hydroxyl groups is 1. The highest BCUT2D eigenvalue weighted by Crippen LogP contribution is 2.36. The second-order valence-corrected chi connectivity index (χ2v) is 8.79. The van der Waals surface area contributed by atoms with Crippen molar-refractivity contribution in [3.63, 3.8) is 0 Å². The van der Waals surface area contributed by atoms with Crippen molar-refractivity contribution in [3.05, 3.63) is 95.7 Å². The largest absolute Gasteiger partial charge is 0.506 e. The highest BCUT2D eigenvalue weighted by Gasteiger charge is 2.16. The molecule has 0 bridgehead atoms. The van der Waals surface area contributed by atoms with Gasteiger partial charge in [-0.2, -0.15) is 0 Å². The van der Waals surface area contributed by atoms with Gasteiger partial charge in [0.2, 0.25) is 5.88 Å². The number of hydrogen-bond acceptors (Lipinski definition) is 4. The van der Waals surface area contributed by atoms with Gasteiger partial charge in [-0.05, 0) is 74.9 Å². The number of nitrogens with zero attached hydrogens (tertiary/aromatic N) is 3. The summed E-state index contributed by atoms with van der Waals surface area (Å²) < 4.78 is 8.44. The van der Waals surface area contributed by atoms with Crippen molar-refractivity contribution < 1.29 is 9.84 Å². The van der Waals surface area contributed by atoms with Crippen LogP contribution in [-0.2, 0) is 0 Å². The van der Waals surface area contributed by atoms with Gasteiger partial charge in [-0.15, -0.1) is 0 Å². The van der Waals surface area contributed by atoms with E-state index in [-0.39, 0.29) is 5.75 Å². The van der Waals surface area contributed by atoms with E-state index in [9.17, 15) is 5.11 Å². The van der Waals surface area contributed by atoms with Crippen molar-refractivity contribution in [2.24, 2.45) is 0 Å². The molecule has 0 aliphatic carbocycles. The second kappa shape index (κ2) is 7.59. The fraction of sp³-hybridized carbons (Fsp3) is 0.103. The van der Waals surface area contributed by atoms with Crippen LogP contribution in [0.15, 0.2) is 79.0 Å². The van der Waals surface area contributed by atoms with Crippen molar-refractivity contribution in [2.75, 3.05) is 0 Å². The summed E-state index contributed by atoms with van der Waals surface area (Å²) in [7, 11) is 0. The van der Waals surface area contributed by atoms with Crippen molar-refractivity contribution >= 4 is 32.7 Å². The number of hydrogen-bond donors (Lipinski definition) is 1. The highest BCUT2D eigenvalue weighted by molar-refractivity contribution is 6.09. The monoisotopic (exact) mass is 445 g/mol. The number of aromatic nitrogens is 3. The van der Waals surface area contributed by atoms with E-state index in [1.165, 1.54) is 10.9 Å². The number of rotatable bonds is 3. The molecule has 0 unspecified atom stereocenters. The number of pyridine rings is 2. The van der Waals surface area contributed by atoms with E-state index >= 15 is 0 Å². The zero-order valence-electron chi connectivity index (χ0n) is 19.2. The molecule has 34 heavy (non-hydrogen) atoms. The van der Waals surface area contributed by atoms with Gasteiger partial charge in [-0.3, -0.25) is 4.57 Å². The van der Waals surface area contributed by atoms with E-state index in [0.29, 0.717) is 17.1 Å². The molecule has 0 aliphatic heterocycles. The van der Waals surface area contributed by atoms with Gasteiger partial charge >= 0.3 is 0 Å². The van der Waals surface area contributed by atoms with Crippen molar-refractivity contribution in [3.8, 4) is 23.2 Å². The summed E-state index contributed by atoms with van der Waals surface area (Å²) in [5.74, 6) is 2.15. The first kappa shape index (κ1) is 20.2. The fourth-order valence-electron chi connectivity index (χ4n) is 4.55. The maximum Gasteiger partial charge on any atom is 0.222 e. The number of phenolic OH excluding ortho intramolecular Hbond substituents is 1. The molecule has 0 amide bonds. The molecule has 0 radical (unpaired) electrons. The summed E-state index contributed by atoms with van der Waals surface area (Å²) in [6.07, 6.45) is 1.84. The third-order valence-electron chi connectivity index (χ3n) is 6.21. The Morgan fingerprint density at radius 2 is 1.65 bits per heavy atom. The second-order valence-electron chi connectivity index (χ2n) is 8.79. The third kappa shape index (κ3) is 3.25. The van der Waals surface area contributed by atoms with Crippen molar-refractivity contribution in [1.82, 2.24) is 14.5 Å². The Balaban J connectivity index is 1.55. The molecule has 166 valence electrons. The Morgan fingerprint density at radius 1 is 0.794 bits per heavy atom. The standard InChI is InChI=1S/C29H23N3O2/c1-17-7-10-24-23(13-17)22-9-8-21(16-25(22)32(24)27-14-18(2)11-12-30-27)34-29-19(3)15-20-5-4-6-26(33)28(20)31-29/h4-16,33H,1-3H3. The Bertz CT molecular complexity index is 1730. The Kier molecular flexibility index (Phi) is 4.52. The minimum absolute atomic E-state index is 0.138. The van der Waals surface area contributed by atoms with E-state index in [1.54, 1.807) is 6.07 Å². The van der Waals surface area contributed by atoms with Crippen LogP contribution >= 0.6 is 0 Å². The lowest BCUT2D eigenvalue weighted by Crippen LogP contribution is -1.98. The first-order valence-electron chi connectivity index (χ1n) is 11.2. The van der Waals surface area contributed by atoms with Crippen LogP contribution in [0.1, 0.15) is 16.7 Å². The lowest BCUT2D eigenvalue weighted by atomic mass is 10.1. The maximum absolute atomic E-state index is 10.3. The molecular formula is C29H23N3O2. The summed E-state index contributed by atoms with van der Waals surface area (Å²) in [4.78, 5) is 9.26. The van der Waals surface area contributed by atoms with Crippen molar-refractivity contribution in [1.29, 1.82) is 0 Å². The smallest absolute Gasteiger partial charge is 0.222 e. The van der Waals surface area contributed by atoms with Gasteiger partial charge in [0.1, 0.15) is 22.8 Å². The van der Waals surface area contributed by atoms with E-state index < -0.39 is 0 Å². The van der Waals surface area contributed by atoms with Crippen LogP contribution in [0.4, 0.5) is 0 Å². The fourth-order valence-corrected chi connectivity index (χ4v) is 4.55. The summed E-state index contributed by atoms with van der Waals surface area (Å²) in [6, 6.07) is 24.0. The lowest BCUT2D eigenvalue weighted by molar-refractivity contribution is 0.457. The molecular weight excluding hydrogens is 422 g/mol. The van der Waals surface area contributed by atoms with Crippen LogP contribution in [0.2, 0.25) is 0 Å². The van der Waals surface area contributed by atoms with Crippen LogP contribution in [0, 0.1) is 20.8 Å². The van der Waals surface area contributed by atoms with Gasteiger partial charge in [0, 0.05) is 34.0 Å². The normalized spacial score (nSPS) is 11.5. The van der Waals surface area contributed by atoms with Crippen LogP contribution in [0.3, 0.4) is 0 Å². The van der Waals surface area contributed by atoms with Crippen LogP contribution < -0.4 is 4.74 Å². The first-order valence-corrected chi connectivity index (χ1v) is 11.2. The molecule has 3 heterocycles. The Morgan fingerprint density at radius 3 is 2.50 bits per heavy atom. The number of fused-ring (bicyclic) bond motifs is 4. The van der Waals surface area contributed by atoms with Gasteiger partial charge in [-0.1, -0.05) is 23.8 Å². The Labute approximate surface area is 196 Å². The first-order chi connectivity index (χ1) is 16.5. The van der Waals surface area contributed by atoms with E-state index in [0.717, 1.165) is 38.8 Å². The molecule has 5 nitrogen and oxygen atoms in total. The molecule has 6 rings (SSSR count). The zero-order valence-corrected chi connectivity index (χ0v) is 19.2. The number of benzene rings is 3. The topological polar surface area (TPSA) is 60.2 Å². The van der Waals surface area contributed by atoms with Crippen LogP contribution in [-0.4, -0.2) is 19.6 Å². The van der Waals surface area contributed by atoms with E-state index in [1.807, 2.05) is 49.5 Å². The molecule has 0 saturated heterocycles. The van der Waals surface area contributed by atoms with Crippen LogP contribution in [0.5, 0.6) is 17.4 Å². The van der Waals surface area contributed by atoms with Gasteiger partial charge in [0.05, 0.1) is 11.0 Å². The quantitative estimate of drug-likeness (QED) is 0.314. The molecule has 3 aromatic carbocycles. The van der Waals surface area contributed by atoms with E-state index in [4.69, 9.17) is 4.74 Å². The van der Waals surface area contributed by atoms with E-state index in [2.05, 4.69) is 58.7 Å². The number of para-hydroxylation sites is 1. The SMILES string of the molecule is Cc1ccnc(-n2c3ccc(C)cc3c3ccc(Oc4nc5c(O)cccc5cc4C)cc32)c1. The molecule has 0 fully saturated rings. The summed E-state index contributed by atoms with van der Waals surface area (Å²) in [6.45, 7) is 6.14. The Hall–Kier alpha value is -4.38. The summed E-state index contributed by atoms with van der Waals surface area (Å²) in [5.41, 5.74) is 5.89. The van der Waals surface area contributed by atoms with Crippen molar-refractivity contribution in [2.45, 2.75) is 20.8 Å². The average molecular weight is 446 g/mol. The van der Waals surface area contributed by atoms with Gasteiger partial charge < -0.3 is 9.84 Å². The summed E-state index contributed by atoms with van der Waals surface area (Å²) in [5, 5.41) is 13.4. The predicted molar refractivity (Wildman–Crippen MR) is 136 cm³/mol. The number of phenols is 1. The van der Waals surface area contributed by atoms with Crippen LogP contribution in [0.25, 0.3) is 38.5 Å². The minimum Gasteiger partial charge on any atom is -0.506 e.